The zero-order chi connectivity index (χ0) is 23.5. The molecule has 0 fully saturated rings. The third-order valence-corrected chi connectivity index (χ3v) is 7.87. The van der Waals surface area contributed by atoms with Crippen LogP contribution in [0.1, 0.15) is 43.1 Å². The number of nitrogens with zero attached hydrogens (tertiary/aromatic N) is 1. The molecule has 8 heteroatoms. The van der Waals surface area contributed by atoms with E-state index in [0.29, 0.717) is 18.7 Å². The topological polar surface area (TPSA) is 90.0 Å². The predicted molar refractivity (Wildman–Crippen MR) is 122 cm³/mol. The SMILES string of the molecule is CCOC(=O)[C@@](C)(CCN1Cc2cc(-c3ccc(OCC)cc3)ccc2C1=O)S(C)(=O)=O. The molecule has 32 heavy (non-hydrogen) atoms. The lowest BCUT2D eigenvalue weighted by atomic mass is 10.0. The average Bonchev–Trinajstić information content (AvgIpc) is 3.07. The highest BCUT2D eigenvalue weighted by Gasteiger charge is 2.45. The van der Waals surface area contributed by atoms with Gasteiger partial charge in [0, 0.05) is 24.9 Å². The number of esters is 1. The molecular weight excluding hydrogens is 430 g/mol. The van der Waals surface area contributed by atoms with Gasteiger partial charge in [0.05, 0.1) is 13.2 Å². The largest absolute Gasteiger partial charge is 0.494 e. The van der Waals surface area contributed by atoms with Crippen LogP contribution in [0.3, 0.4) is 0 Å². The van der Waals surface area contributed by atoms with Crippen molar-refractivity contribution >= 4 is 21.7 Å². The number of benzene rings is 2. The molecule has 2 aromatic carbocycles. The van der Waals surface area contributed by atoms with E-state index < -0.39 is 20.6 Å². The maximum atomic E-state index is 12.9. The Hall–Kier alpha value is -2.87. The van der Waals surface area contributed by atoms with Gasteiger partial charge in [-0.3, -0.25) is 9.59 Å². The molecule has 0 saturated carbocycles. The quantitative estimate of drug-likeness (QED) is 0.534. The standard InChI is InChI=1S/C24H29NO6S/c1-5-30-20-10-7-17(8-11-20)18-9-12-21-19(15-18)16-25(22(21)26)14-13-24(3,32(4,28)29)23(27)31-6-2/h7-12,15H,5-6,13-14,16H2,1-4H3/t24-/m1/s1. The molecule has 0 N–H and O–H groups in total. The van der Waals surface area contributed by atoms with Gasteiger partial charge < -0.3 is 14.4 Å². The van der Waals surface area contributed by atoms with Gasteiger partial charge in [0.15, 0.2) is 14.6 Å². The number of rotatable bonds is 9. The number of carbonyl (C=O) groups is 2. The zero-order valence-electron chi connectivity index (χ0n) is 18.9. The van der Waals surface area contributed by atoms with E-state index in [0.717, 1.165) is 28.7 Å². The van der Waals surface area contributed by atoms with E-state index in [9.17, 15) is 18.0 Å². The summed E-state index contributed by atoms with van der Waals surface area (Å²) in [7, 11) is -3.74. The number of hydrogen-bond acceptors (Lipinski definition) is 6. The second-order valence-corrected chi connectivity index (χ2v) is 10.5. The molecule has 2 aromatic rings. The molecular formula is C24H29NO6S. The van der Waals surface area contributed by atoms with Gasteiger partial charge in [0.2, 0.25) is 0 Å². The van der Waals surface area contributed by atoms with Crippen LogP contribution in [0.5, 0.6) is 5.75 Å². The second-order valence-electron chi connectivity index (χ2n) is 8.03. The molecule has 1 aliphatic heterocycles. The number of sulfone groups is 1. The van der Waals surface area contributed by atoms with Crippen LogP contribution in [0.15, 0.2) is 42.5 Å². The van der Waals surface area contributed by atoms with Crippen molar-refractivity contribution in [2.24, 2.45) is 0 Å². The Morgan fingerprint density at radius 3 is 2.31 bits per heavy atom. The highest BCUT2D eigenvalue weighted by atomic mass is 32.2. The highest BCUT2D eigenvalue weighted by Crippen LogP contribution is 2.31. The minimum absolute atomic E-state index is 0.0316. The Bertz CT molecular complexity index is 1110. The summed E-state index contributed by atoms with van der Waals surface area (Å²) in [4.78, 5) is 26.8. The van der Waals surface area contributed by atoms with Crippen molar-refractivity contribution in [1.82, 2.24) is 4.90 Å². The first-order valence-electron chi connectivity index (χ1n) is 10.6. The first-order valence-corrected chi connectivity index (χ1v) is 12.5. The van der Waals surface area contributed by atoms with Crippen molar-refractivity contribution in [3.05, 3.63) is 53.6 Å². The van der Waals surface area contributed by atoms with Crippen molar-refractivity contribution in [3.63, 3.8) is 0 Å². The molecule has 7 nitrogen and oxygen atoms in total. The molecule has 1 aliphatic rings. The third kappa shape index (κ3) is 4.65. The number of hydrogen-bond donors (Lipinski definition) is 0. The fourth-order valence-electron chi connectivity index (χ4n) is 3.72. The van der Waals surface area contributed by atoms with Crippen LogP contribution in [-0.2, 0) is 25.9 Å². The molecule has 1 heterocycles. The van der Waals surface area contributed by atoms with Gasteiger partial charge in [-0.2, -0.15) is 0 Å². The van der Waals surface area contributed by atoms with Crippen LogP contribution in [-0.4, -0.2) is 56.0 Å². The lowest BCUT2D eigenvalue weighted by Gasteiger charge is -2.27. The molecule has 1 amide bonds. The molecule has 0 unspecified atom stereocenters. The third-order valence-electron chi connectivity index (χ3n) is 5.87. The van der Waals surface area contributed by atoms with Gasteiger partial charge >= 0.3 is 5.97 Å². The summed E-state index contributed by atoms with van der Waals surface area (Å²) in [5.74, 6) is -0.156. The van der Waals surface area contributed by atoms with Gasteiger partial charge in [0.1, 0.15) is 5.75 Å². The van der Waals surface area contributed by atoms with Gasteiger partial charge in [0.25, 0.3) is 5.91 Å². The summed E-state index contributed by atoms with van der Waals surface area (Å²) < 4.78 is 33.4. The van der Waals surface area contributed by atoms with Gasteiger partial charge in [-0.25, -0.2) is 8.42 Å². The van der Waals surface area contributed by atoms with E-state index in [1.54, 1.807) is 17.9 Å². The van der Waals surface area contributed by atoms with E-state index in [4.69, 9.17) is 9.47 Å². The lowest BCUT2D eigenvalue weighted by Crippen LogP contribution is -2.47. The van der Waals surface area contributed by atoms with Crippen LogP contribution >= 0.6 is 0 Å². The molecule has 3 rings (SSSR count). The maximum Gasteiger partial charge on any atom is 0.327 e. The summed E-state index contributed by atoms with van der Waals surface area (Å²) >= 11 is 0. The number of ether oxygens (including phenoxy) is 2. The fourth-order valence-corrected chi connectivity index (χ4v) is 4.55. The summed E-state index contributed by atoms with van der Waals surface area (Å²) in [5, 5.41) is 0. The molecule has 0 bridgehead atoms. The molecule has 0 radical (unpaired) electrons. The Morgan fingerprint density at radius 1 is 1.06 bits per heavy atom. The van der Waals surface area contributed by atoms with Gasteiger partial charge in [-0.1, -0.05) is 18.2 Å². The Labute approximate surface area is 189 Å². The van der Waals surface area contributed by atoms with E-state index >= 15 is 0 Å². The van der Waals surface area contributed by atoms with E-state index in [1.165, 1.54) is 6.92 Å². The molecule has 172 valence electrons. The maximum absolute atomic E-state index is 12.9. The number of carbonyl (C=O) groups excluding carboxylic acids is 2. The first kappa shape index (κ1) is 23.8. The normalized spacial score (nSPS) is 15.2. The van der Waals surface area contributed by atoms with Gasteiger partial charge in [-0.15, -0.1) is 0 Å². The summed E-state index contributed by atoms with van der Waals surface area (Å²) in [6.07, 6.45) is 0.990. The van der Waals surface area contributed by atoms with Crippen molar-refractivity contribution in [1.29, 1.82) is 0 Å². The van der Waals surface area contributed by atoms with Crippen molar-refractivity contribution in [2.75, 3.05) is 26.0 Å². The van der Waals surface area contributed by atoms with Crippen LogP contribution in [0.4, 0.5) is 0 Å². The van der Waals surface area contributed by atoms with Crippen molar-refractivity contribution in [3.8, 4) is 16.9 Å². The smallest absolute Gasteiger partial charge is 0.327 e. The molecule has 0 aromatic heterocycles. The summed E-state index contributed by atoms with van der Waals surface area (Å²) in [6, 6.07) is 13.4. The minimum atomic E-state index is -3.74. The predicted octanol–water partition coefficient (Wildman–Crippen LogP) is 3.46. The summed E-state index contributed by atoms with van der Waals surface area (Å²) in [5.41, 5.74) is 3.46. The highest BCUT2D eigenvalue weighted by molar-refractivity contribution is 7.92. The Kier molecular flexibility index (Phi) is 6.93. The summed E-state index contributed by atoms with van der Waals surface area (Å²) in [6.45, 7) is 6.11. The van der Waals surface area contributed by atoms with Crippen LogP contribution in [0.2, 0.25) is 0 Å². The van der Waals surface area contributed by atoms with E-state index in [2.05, 4.69) is 0 Å². The monoisotopic (exact) mass is 459 g/mol. The van der Waals surface area contributed by atoms with E-state index in [1.807, 2.05) is 43.3 Å². The van der Waals surface area contributed by atoms with Gasteiger partial charge in [-0.05, 0) is 68.1 Å². The number of fused-ring (bicyclic) bond motifs is 1. The zero-order valence-corrected chi connectivity index (χ0v) is 19.7. The molecule has 0 spiro atoms. The van der Waals surface area contributed by atoms with Crippen LogP contribution in [0.25, 0.3) is 11.1 Å². The average molecular weight is 460 g/mol. The van der Waals surface area contributed by atoms with E-state index in [-0.39, 0.29) is 25.5 Å². The van der Waals surface area contributed by atoms with Crippen molar-refractivity contribution < 1.29 is 27.5 Å². The number of amides is 1. The lowest BCUT2D eigenvalue weighted by molar-refractivity contribution is -0.146. The van der Waals surface area contributed by atoms with Crippen LogP contribution < -0.4 is 4.74 Å². The first-order chi connectivity index (χ1) is 15.1. The molecule has 0 aliphatic carbocycles. The Balaban J connectivity index is 1.76. The van der Waals surface area contributed by atoms with Crippen LogP contribution in [0, 0.1) is 0 Å². The molecule has 0 saturated heterocycles. The second kappa shape index (κ2) is 9.32. The minimum Gasteiger partial charge on any atom is -0.494 e. The molecule has 1 atom stereocenters. The fraction of sp³-hybridized carbons (Fsp3) is 0.417. The van der Waals surface area contributed by atoms with Crippen molar-refractivity contribution in [2.45, 2.75) is 38.5 Å². The Morgan fingerprint density at radius 2 is 1.72 bits per heavy atom.